The van der Waals surface area contributed by atoms with Crippen molar-refractivity contribution in [1.29, 1.82) is 0 Å². The van der Waals surface area contributed by atoms with Gasteiger partial charge in [0.1, 0.15) is 17.1 Å². The van der Waals surface area contributed by atoms with Crippen molar-refractivity contribution >= 4 is 5.97 Å². The number of carboxylic acids is 1. The van der Waals surface area contributed by atoms with Crippen molar-refractivity contribution in [3.63, 3.8) is 0 Å². The van der Waals surface area contributed by atoms with E-state index in [4.69, 9.17) is 15.3 Å². The molecule has 0 aliphatic heterocycles. The van der Waals surface area contributed by atoms with Crippen LogP contribution in [0.15, 0.2) is 54.6 Å². The van der Waals surface area contributed by atoms with Crippen molar-refractivity contribution in [2.75, 3.05) is 0 Å². The Balaban J connectivity index is 0.000000181. The second kappa shape index (κ2) is 6.17. The molecule has 3 N–H and O–H groups in total. The highest BCUT2D eigenvalue weighted by molar-refractivity contribution is 5.90. The molecule has 0 aliphatic rings. The molecule has 0 saturated carbocycles. The van der Waals surface area contributed by atoms with E-state index in [-0.39, 0.29) is 11.3 Å². The van der Waals surface area contributed by atoms with Crippen LogP contribution in [0.25, 0.3) is 0 Å². The zero-order chi connectivity index (χ0) is 12.7. The molecule has 0 saturated heterocycles. The van der Waals surface area contributed by atoms with Gasteiger partial charge in [-0.1, -0.05) is 30.3 Å². The van der Waals surface area contributed by atoms with Gasteiger partial charge in [0.05, 0.1) is 0 Å². The van der Waals surface area contributed by atoms with Gasteiger partial charge in [-0.2, -0.15) is 0 Å². The highest BCUT2D eigenvalue weighted by Gasteiger charge is 2.05. The number of aromatic hydroxyl groups is 2. The fourth-order valence-electron chi connectivity index (χ4n) is 1.08. The van der Waals surface area contributed by atoms with E-state index in [0.29, 0.717) is 5.75 Å². The quantitative estimate of drug-likeness (QED) is 0.705. The summed E-state index contributed by atoms with van der Waals surface area (Å²) in [6.07, 6.45) is 0. The average molecular weight is 232 g/mol. The van der Waals surface area contributed by atoms with Crippen LogP contribution in [0.2, 0.25) is 0 Å². The van der Waals surface area contributed by atoms with Crippen molar-refractivity contribution in [3.05, 3.63) is 60.2 Å². The van der Waals surface area contributed by atoms with E-state index in [1.807, 2.05) is 6.07 Å². The normalized spacial score (nSPS) is 8.94. The third-order valence-electron chi connectivity index (χ3n) is 1.89. The van der Waals surface area contributed by atoms with Crippen LogP contribution in [0.5, 0.6) is 11.5 Å². The van der Waals surface area contributed by atoms with Gasteiger partial charge in [-0.25, -0.2) is 4.79 Å². The molecule has 17 heavy (non-hydrogen) atoms. The Morgan fingerprint density at radius 2 is 1.35 bits per heavy atom. The maximum Gasteiger partial charge on any atom is 0.339 e. The minimum absolute atomic E-state index is 0.0671. The van der Waals surface area contributed by atoms with Crippen LogP contribution < -0.4 is 0 Å². The molecule has 4 nitrogen and oxygen atoms in total. The number of carboxylic acid groups (broad SMARTS) is 1. The summed E-state index contributed by atoms with van der Waals surface area (Å²) in [7, 11) is 0. The molecule has 0 aromatic heterocycles. The smallest absolute Gasteiger partial charge is 0.339 e. The van der Waals surface area contributed by atoms with Crippen LogP contribution in [0, 0.1) is 0 Å². The highest BCUT2D eigenvalue weighted by Crippen LogP contribution is 2.14. The van der Waals surface area contributed by atoms with E-state index in [9.17, 15) is 4.79 Å². The third kappa shape index (κ3) is 4.25. The van der Waals surface area contributed by atoms with Gasteiger partial charge >= 0.3 is 5.97 Å². The van der Waals surface area contributed by atoms with Gasteiger partial charge in [-0.15, -0.1) is 0 Å². The molecule has 0 spiro atoms. The summed E-state index contributed by atoms with van der Waals surface area (Å²) < 4.78 is 0. The van der Waals surface area contributed by atoms with Gasteiger partial charge < -0.3 is 15.3 Å². The molecule has 2 rings (SSSR count). The lowest BCUT2D eigenvalue weighted by atomic mass is 10.2. The van der Waals surface area contributed by atoms with E-state index < -0.39 is 5.97 Å². The summed E-state index contributed by atoms with van der Waals surface area (Å²) in [5.41, 5.74) is -0.0671. The number of benzene rings is 2. The van der Waals surface area contributed by atoms with E-state index in [1.165, 1.54) is 12.1 Å². The number of phenolic OH excluding ortho intramolecular Hbond substituents is 1. The molecule has 0 heterocycles. The van der Waals surface area contributed by atoms with Crippen molar-refractivity contribution in [2.24, 2.45) is 0 Å². The molecular formula is C13H12O4. The van der Waals surface area contributed by atoms with Gasteiger partial charge in [-0.3, -0.25) is 0 Å². The second-order valence-electron chi connectivity index (χ2n) is 3.16. The zero-order valence-corrected chi connectivity index (χ0v) is 8.95. The van der Waals surface area contributed by atoms with Crippen LogP contribution in [-0.2, 0) is 0 Å². The Labute approximate surface area is 98.4 Å². The Hall–Kier alpha value is -2.49. The van der Waals surface area contributed by atoms with Crippen LogP contribution in [0.1, 0.15) is 10.4 Å². The number of para-hydroxylation sites is 2. The maximum absolute atomic E-state index is 10.3. The zero-order valence-electron chi connectivity index (χ0n) is 8.95. The summed E-state index contributed by atoms with van der Waals surface area (Å²) in [5, 5.41) is 25.9. The number of hydrogen-bond donors (Lipinski definition) is 3. The Morgan fingerprint density at radius 1 is 0.824 bits per heavy atom. The molecule has 2 aromatic rings. The van der Waals surface area contributed by atoms with Crippen LogP contribution in [0.4, 0.5) is 0 Å². The first-order valence-electron chi connectivity index (χ1n) is 4.86. The van der Waals surface area contributed by atoms with Gasteiger partial charge in [0.15, 0.2) is 0 Å². The SMILES string of the molecule is O=C(O)c1ccccc1O.Oc1ccccc1. The maximum atomic E-state index is 10.3. The summed E-state index contributed by atoms with van der Waals surface area (Å²) in [6.45, 7) is 0. The van der Waals surface area contributed by atoms with Crippen LogP contribution >= 0.6 is 0 Å². The van der Waals surface area contributed by atoms with Gasteiger partial charge in [0.25, 0.3) is 0 Å². The molecule has 0 bridgehead atoms. The molecule has 0 aliphatic carbocycles. The lowest BCUT2D eigenvalue weighted by Gasteiger charge is -1.95. The number of aromatic carboxylic acids is 1. The van der Waals surface area contributed by atoms with E-state index in [2.05, 4.69) is 0 Å². The minimum Gasteiger partial charge on any atom is -0.508 e. The highest BCUT2D eigenvalue weighted by atomic mass is 16.4. The molecule has 0 radical (unpaired) electrons. The Kier molecular flexibility index (Phi) is 4.57. The molecule has 0 atom stereocenters. The first kappa shape index (κ1) is 12.6. The first-order valence-corrected chi connectivity index (χ1v) is 4.86. The molecule has 88 valence electrons. The Bertz CT molecular complexity index is 480. The third-order valence-corrected chi connectivity index (χ3v) is 1.89. The molecule has 0 fully saturated rings. The predicted molar refractivity (Wildman–Crippen MR) is 63.2 cm³/mol. The molecule has 0 unspecified atom stereocenters. The van der Waals surface area contributed by atoms with Crippen molar-refractivity contribution in [3.8, 4) is 11.5 Å². The monoisotopic (exact) mass is 232 g/mol. The van der Waals surface area contributed by atoms with E-state index >= 15 is 0 Å². The molecular weight excluding hydrogens is 220 g/mol. The first-order chi connectivity index (χ1) is 8.11. The van der Waals surface area contributed by atoms with Crippen molar-refractivity contribution < 1.29 is 20.1 Å². The lowest BCUT2D eigenvalue weighted by Crippen LogP contribution is -1.95. The predicted octanol–water partition coefficient (Wildman–Crippen LogP) is 2.48. The molecule has 2 aromatic carbocycles. The lowest BCUT2D eigenvalue weighted by molar-refractivity contribution is 0.0693. The number of carbonyl (C=O) groups is 1. The second-order valence-corrected chi connectivity index (χ2v) is 3.16. The minimum atomic E-state index is -1.11. The average Bonchev–Trinajstić information content (AvgIpc) is 2.31. The Morgan fingerprint density at radius 3 is 1.71 bits per heavy atom. The summed E-state index contributed by atoms with van der Waals surface area (Å²) in [5.74, 6) is -0.990. The van der Waals surface area contributed by atoms with Crippen LogP contribution in [-0.4, -0.2) is 21.3 Å². The summed E-state index contributed by atoms with van der Waals surface area (Å²) in [6, 6.07) is 14.5. The van der Waals surface area contributed by atoms with E-state index in [1.54, 1.807) is 36.4 Å². The standard InChI is InChI=1S/C7H6O3.C6H6O/c8-6-4-2-1-3-5(6)7(9)10;7-6-4-2-1-3-5-6/h1-4,8H,(H,9,10);1-5,7H. The number of phenols is 2. The fourth-order valence-corrected chi connectivity index (χ4v) is 1.08. The fraction of sp³-hybridized carbons (Fsp3) is 0. The van der Waals surface area contributed by atoms with Gasteiger partial charge in [-0.05, 0) is 24.3 Å². The van der Waals surface area contributed by atoms with Gasteiger partial charge in [0, 0.05) is 0 Å². The molecule has 0 amide bonds. The van der Waals surface area contributed by atoms with Crippen molar-refractivity contribution in [2.45, 2.75) is 0 Å². The van der Waals surface area contributed by atoms with Crippen molar-refractivity contribution in [1.82, 2.24) is 0 Å². The number of rotatable bonds is 1. The largest absolute Gasteiger partial charge is 0.508 e. The van der Waals surface area contributed by atoms with Gasteiger partial charge in [0.2, 0.25) is 0 Å². The summed E-state index contributed by atoms with van der Waals surface area (Å²) in [4.78, 5) is 10.3. The molecule has 4 heteroatoms. The summed E-state index contributed by atoms with van der Waals surface area (Å²) >= 11 is 0. The van der Waals surface area contributed by atoms with E-state index in [0.717, 1.165) is 0 Å². The van der Waals surface area contributed by atoms with Crippen LogP contribution in [0.3, 0.4) is 0 Å². The topological polar surface area (TPSA) is 77.8 Å². The number of hydrogen-bond acceptors (Lipinski definition) is 3.